The predicted molar refractivity (Wildman–Crippen MR) is 138 cm³/mol. The van der Waals surface area contributed by atoms with Crippen LogP contribution in [0, 0.1) is 0 Å². The van der Waals surface area contributed by atoms with Gasteiger partial charge in [0.05, 0.1) is 5.69 Å². The summed E-state index contributed by atoms with van der Waals surface area (Å²) in [6, 6.07) is 23.8. The number of hydrogen-bond donors (Lipinski definition) is 0. The van der Waals surface area contributed by atoms with Gasteiger partial charge in [0.1, 0.15) is 10.7 Å². The first-order valence-electron chi connectivity index (χ1n) is 12.0. The van der Waals surface area contributed by atoms with Gasteiger partial charge in [0.15, 0.2) is 6.10 Å². The molecule has 1 aromatic heterocycles. The predicted octanol–water partition coefficient (Wildman–Crippen LogP) is 5.55. The van der Waals surface area contributed by atoms with Gasteiger partial charge in [-0.15, -0.1) is 11.3 Å². The number of oxime groups is 1. The van der Waals surface area contributed by atoms with Crippen LogP contribution in [-0.4, -0.2) is 10.7 Å². The standard InChI is InChI=1S/C30H24N2OS/c1-2-8-20(9-3-1)28-17-26(32-33-28)27-18-34-30(31-27)25-12-6-10-21-14-15-23-22-11-5-4-7-19(22)13-16-24(23)29(21)25/h1-5,7-9,11,14-16,18,28H,6,10,12-13,17H2. The van der Waals surface area contributed by atoms with E-state index < -0.39 is 0 Å². The highest BCUT2D eigenvalue weighted by atomic mass is 32.1. The molecule has 0 N–H and O–H groups in total. The van der Waals surface area contributed by atoms with Crippen LogP contribution in [0.2, 0.25) is 0 Å². The molecule has 3 aliphatic rings. The van der Waals surface area contributed by atoms with E-state index in [0.29, 0.717) is 0 Å². The van der Waals surface area contributed by atoms with Crippen molar-refractivity contribution in [1.29, 1.82) is 0 Å². The van der Waals surface area contributed by atoms with E-state index in [0.717, 1.165) is 47.7 Å². The highest BCUT2D eigenvalue weighted by Crippen LogP contribution is 2.32. The second-order valence-corrected chi connectivity index (χ2v) is 10.1. The van der Waals surface area contributed by atoms with E-state index in [9.17, 15) is 0 Å². The third-order valence-corrected chi connectivity index (χ3v) is 8.14. The molecule has 1 atom stereocenters. The lowest BCUT2D eigenvalue weighted by Crippen LogP contribution is -2.36. The molecule has 2 heterocycles. The van der Waals surface area contributed by atoms with Crippen LogP contribution >= 0.6 is 11.3 Å². The van der Waals surface area contributed by atoms with Gasteiger partial charge in [-0.1, -0.05) is 78.0 Å². The monoisotopic (exact) mass is 460 g/mol. The van der Waals surface area contributed by atoms with Crippen molar-refractivity contribution in [3.63, 3.8) is 0 Å². The normalized spacial score (nSPS) is 18.3. The molecule has 0 fully saturated rings. The van der Waals surface area contributed by atoms with Crippen molar-refractivity contribution < 1.29 is 4.84 Å². The molecule has 4 heteroatoms. The molecule has 166 valence electrons. The molecule has 1 aliphatic heterocycles. The molecular formula is C30H24N2OS. The quantitative estimate of drug-likeness (QED) is 0.402. The Kier molecular flexibility index (Phi) is 4.73. The van der Waals surface area contributed by atoms with Crippen LogP contribution in [0.15, 0.2) is 77.3 Å². The molecule has 0 amide bonds. The van der Waals surface area contributed by atoms with Crippen LogP contribution < -0.4 is 10.4 Å². The Morgan fingerprint density at radius 3 is 2.68 bits per heavy atom. The lowest BCUT2D eigenvalue weighted by molar-refractivity contribution is 0.0857. The Labute approximate surface area is 202 Å². The van der Waals surface area contributed by atoms with Gasteiger partial charge >= 0.3 is 0 Å². The molecule has 3 aromatic carbocycles. The van der Waals surface area contributed by atoms with E-state index in [2.05, 4.69) is 65.1 Å². The smallest absolute Gasteiger partial charge is 0.158 e. The van der Waals surface area contributed by atoms with Crippen molar-refractivity contribution in [1.82, 2.24) is 4.98 Å². The highest BCUT2D eigenvalue weighted by molar-refractivity contribution is 7.11. The van der Waals surface area contributed by atoms with Crippen molar-refractivity contribution in [2.45, 2.75) is 38.2 Å². The van der Waals surface area contributed by atoms with Crippen LogP contribution in [0.4, 0.5) is 0 Å². The summed E-state index contributed by atoms with van der Waals surface area (Å²) in [5.74, 6) is 0. The SMILES string of the molecule is C1=c2c(ccc3c2=C(c2nc(C4=NOC(c5ccccc5)C4)cs2)CCC3)-c2ccccc2C1. The first-order chi connectivity index (χ1) is 16.8. The van der Waals surface area contributed by atoms with E-state index in [-0.39, 0.29) is 6.10 Å². The number of hydrogen-bond acceptors (Lipinski definition) is 4. The number of nitrogens with zero attached hydrogens (tertiary/aromatic N) is 2. The molecule has 3 nitrogen and oxygen atoms in total. The van der Waals surface area contributed by atoms with Gasteiger partial charge < -0.3 is 4.84 Å². The number of rotatable bonds is 3. The lowest BCUT2D eigenvalue weighted by Gasteiger charge is -2.20. The van der Waals surface area contributed by atoms with Gasteiger partial charge in [0, 0.05) is 11.8 Å². The van der Waals surface area contributed by atoms with Gasteiger partial charge in [0.25, 0.3) is 0 Å². The summed E-state index contributed by atoms with van der Waals surface area (Å²) in [7, 11) is 0. The summed E-state index contributed by atoms with van der Waals surface area (Å²) in [6.45, 7) is 0. The Hall–Kier alpha value is -3.50. The molecule has 7 rings (SSSR count). The van der Waals surface area contributed by atoms with Crippen molar-refractivity contribution >= 4 is 28.7 Å². The van der Waals surface area contributed by atoms with Crippen molar-refractivity contribution in [2.75, 3.05) is 0 Å². The molecule has 34 heavy (non-hydrogen) atoms. The molecule has 2 aliphatic carbocycles. The summed E-state index contributed by atoms with van der Waals surface area (Å²) >= 11 is 1.74. The van der Waals surface area contributed by atoms with Crippen LogP contribution in [0.3, 0.4) is 0 Å². The van der Waals surface area contributed by atoms with Gasteiger partial charge in [-0.3, -0.25) is 0 Å². The summed E-state index contributed by atoms with van der Waals surface area (Å²) in [4.78, 5) is 10.9. The number of aryl methyl sites for hydroxylation is 1. The van der Waals surface area contributed by atoms with E-state index >= 15 is 0 Å². The minimum atomic E-state index is -0.0221. The minimum absolute atomic E-state index is 0.0221. The fourth-order valence-corrected chi connectivity index (χ4v) is 6.47. The molecular weight excluding hydrogens is 436 g/mol. The maximum absolute atomic E-state index is 5.77. The van der Waals surface area contributed by atoms with E-state index in [4.69, 9.17) is 9.82 Å². The van der Waals surface area contributed by atoms with Gasteiger partial charge in [0.2, 0.25) is 0 Å². The fourth-order valence-electron chi connectivity index (χ4n) is 5.56. The second kappa shape index (κ2) is 8.07. The highest BCUT2D eigenvalue weighted by Gasteiger charge is 2.26. The third kappa shape index (κ3) is 3.24. The molecule has 0 radical (unpaired) electrons. The average Bonchev–Trinajstić information content (AvgIpc) is 3.59. The summed E-state index contributed by atoms with van der Waals surface area (Å²) in [6.07, 6.45) is 7.54. The van der Waals surface area contributed by atoms with Gasteiger partial charge in [-0.25, -0.2) is 4.98 Å². The van der Waals surface area contributed by atoms with E-state index in [1.165, 1.54) is 44.7 Å². The topological polar surface area (TPSA) is 34.5 Å². The average molecular weight is 461 g/mol. The zero-order chi connectivity index (χ0) is 22.5. The molecule has 0 bridgehead atoms. The number of fused-ring (bicyclic) bond motifs is 5. The Morgan fingerprint density at radius 2 is 1.74 bits per heavy atom. The third-order valence-electron chi connectivity index (χ3n) is 7.24. The molecule has 1 unspecified atom stereocenters. The lowest BCUT2D eigenvalue weighted by atomic mass is 9.85. The first-order valence-corrected chi connectivity index (χ1v) is 12.9. The summed E-state index contributed by atoms with van der Waals surface area (Å²) in [5, 5.41) is 10.5. The maximum Gasteiger partial charge on any atom is 0.158 e. The van der Waals surface area contributed by atoms with Crippen LogP contribution in [-0.2, 0) is 17.7 Å². The number of thiazole rings is 1. The van der Waals surface area contributed by atoms with E-state index in [1.807, 2.05) is 18.2 Å². The van der Waals surface area contributed by atoms with Crippen LogP contribution in [0.5, 0.6) is 0 Å². The zero-order valence-corrected chi connectivity index (χ0v) is 19.6. The zero-order valence-electron chi connectivity index (χ0n) is 18.8. The molecule has 0 saturated heterocycles. The van der Waals surface area contributed by atoms with Crippen molar-refractivity contribution in [3.8, 4) is 11.1 Å². The Balaban J connectivity index is 1.30. The number of benzene rings is 3. The van der Waals surface area contributed by atoms with E-state index in [1.54, 1.807) is 11.3 Å². The Morgan fingerprint density at radius 1 is 0.853 bits per heavy atom. The first kappa shape index (κ1) is 19.9. The number of aromatic nitrogens is 1. The summed E-state index contributed by atoms with van der Waals surface area (Å²) in [5.41, 5.74) is 10.1. The minimum Gasteiger partial charge on any atom is -0.387 e. The van der Waals surface area contributed by atoms with Crippen molar-refractivity contribution in [3.05, 3.63) is 110 Å². The molecule has 0 spiro atoms. The van der Waals surface area contributed by atoms with Crippen LogP contribution in [0.25, 0.3) is 22.8 Å². The van der Waals surface area contributed by atoms with Gasteiger partial charge in [-0.2, -0.15) is 0 Å². The van der Waals surface area contributed by atoms with Gasteiger partial charge in [-0.05, 0) is 69.5 Å². The molecule has 0 saturated carbocycles. The second-order valence-electron chi connectivity index (χ2n) is 9.24. The molecule has 4 aromatic rings. The largest absolute Gasteiger partial charge is 0.387 e. The maximum atomic E-state index is 5.77. The van der Waals surface area contributed by atoms with Crippen molar-refractivity contribution in [2.24, 2.45) is 5.16 Å². The fraction of sp³-hybridized carbons (Fsp3) is 0.200. The Bertz CT molecular complexity index is 1570. The summed E-state index contributed by atoms with van der Waals surface area (Å²) < 4.78 is 0. The van der Waals surface area contributed by atoms with Crippen LogP contribution in [0.1, 0.15) is 52.8 Å².